The molecular weight excluding hydrogens is 211 g/mol. The van der Waals surface area contributed by atoms with E-state index in [0.717, 1.165) is 12.8 Å². The number of aromatic carboxylic acids is 1. The van der Waals surface area contributed by atoms with Crippen LogP contribution < -0.4 is 4.74 Å². The zero-order valence-electron chi connectivity index (χ0n) is 9.37. The van der Waals surface area contributed by atoms with Crippen molar-refractivity contribution in [3.8, 4) is 5.75 Å². The highest BCUT2D eigenvalue weighted by Gasteiger charge is 2.17. The van der Waals surface area contributed by atoms with Gasteiger partial charge in [-0.2, -0.15) is 0 Å². The maximum atomic E-state index is 13.4. The zero-order valence-corrected chi connectivity index (χ0v) is 9.37. The number of para-hydroxylation sites is 1. The summed E-state index contributed by atoms with van der Waals surface area (Å²) in [6, 6.07) is 3.88. The van der Waals surface area contributed by atoms with Crippen LogP contribution in [0.25, 0.3) is 0 Å². The second-order valence-corrected chi connectivity index (χ2v) is 3.64. The summed E-state index contributed by atoms with van der Waals surface area (Å²) in [6.45, 7) is 3.78. The maximum Gasteiger partial charge on any atom is 0.339 e. The number of halogens is 1. The van der Waals surface area contributed by atoms with Crippen LogP contribution in [0.15, 0.2) is 18.2 Å². The average molecular weight is 226 g/mol. The first-order valence-electron chi connectivity index (χ1n) is 5.24. The molecule has 0 bridgehead atoms. The fourth-order valence-corrected chi connectivity index (χ4v) is 1.46. The Balaban J connectivity index is 2.97. The van der Waals surface area contributed by atoms with E-state index in [4.69, 9.17) is 9.84 Å². The highest BCUT2D eigenvalue weighted by atomic mass is 19.1. The molecule has 0 heterocycles. The number of carboxylic acids is 1. The number of rotatable bonds is 5. The minimum atomic E-state index is -1.18. The molecule has 0 aliphatic carbocycles. The molecule has 0 saturated carbocycles. The molecule has 3 nitrogen and oxygen atoms in total. The van der Waals surface area contributed by atoms with Crippen LogP contribution in [0.5, 0.6) is 5.75 Å². The molecule has 0 aromatic heterocycles. The summed E-state index contributed by atoms with van der Waals surface area (Å²) in [5, 5.41) is 8.89. The van der Waals surface area contributed by atoms with Crippen molar-refractivity contribution in [2.24, 2.45) is 0 Å². The molecule has 0 radical (unpaired) electrons. The molecule has 16 heavy (non-hydrogen) atoms. The van der Waals surface area contributed by atoms with Gasteiger partial charge in [-0.25, -0.2) is 9.18 Å². The topological polar surface area (TPSA) is 46.5 Å². The maximum absolute atomic E-state index is 13.4. The van der Waals surface area contributed by atoms with Crippen LogP contribution in [-0.4, -0.2) is 17.2 Å². The molecule has 0 spiro atoms. The van der Waals surface area contributed by atoms with Gasteiger partial charge < -0.3 is 9.84 Å². The van der Waals surface area contributed by atoms with Gasteiger partial charge in [0.25, 0.3) is 0 Å². The second kappa shape index (κ2) is 5.49. The van der Waals surface area contributed by atoms with Crippen LogP contribution in [0.2, 0.25) is 0 Å². The molecule has 1 rings (SSSR count). The molecule has 1 N–H and O–H groups in total. The van der Waals surface area contributed by atoms with Crippen molar-refractivity contribution in [1.29, 1.82) is 0 Å². The lowest BCUT2D eigenvalue weighted by molar-refractivity contribution is 0.0687. The van der Waals surface area contributed by atoms with Crippen LogP contribution in [-0.2, 0) is 0 Å². The van der Waals surface area contributed by atoms with Gasteiger partial charge in [0.1, 0.15) is 5.56 Å². The molecule has 1 unspecified atom stereocenters. The van der Waals surface area contributed by atoms with Crippen LogP contribution in [0.1, 0.15) is 37.0 Å². The third-order valence-corrected chi connectivity index (χ3v) is 2.21. The quantitative estimate of drug-likeness (QED) is 0.839. The van der Waals surface area contributed by atoms with E-state index in [1.807, 2.05) is 6.92 Å². The lowest BCUT2D eigenvalue weighted by Crippen LogP contribution is -2.14. The van der Waals surface area contributed by atoms with Crippen LogP contribution in [0.3, 0.4) is 0 Å². The minimum absolute atomic E-state index is 0.136. The summed E-state index contributed by atoms with van der Waals surface area (Å²) in [4.78, 5) is 10.9. The molecule has 4 heteroatoms. The minimum Gasteiger partial charge on any atom is -0.487 e. The number of hydrogen-bond donors (Lipinski definition) is 1. The highest BCUT2D eigenvalue weighted by Crippen LogP contribution is 2.24. The third-order valence-electron chi connectivity index (χ3n) is 2.21. The Bertz CT molecular complexity index is 377. The van der Waals surface area contributed by atoms with E-state index in [9.17, 15) is 9.18 Å². The summed E-state index contributed by atoms with van der Waals surface area (Å²) < 4.78 is 18.7. The van der Waals surface area contributed by atoms with E-state index in [2.05, 4.69) is 0 Å². The SMILES string of the molecule is CCCC(C)Oc1c(F)cccc1C(=O)O. The van der Waals surface area contributed by atoms with Gasteiger partial charge in [0.05, 0.1) is 6.10 Å². The van der Waals surface area contributed by atoms with Crippen LogP contribution in [0.4, 0.5) is 4.39 Å². The van der Waals surface area contributed by atoms with E-state index in [-0.39, 0.29) is 17.4 Å². The molecule has 1 aromatic carbocycles. The summed E-state index contributed by atoms with van der Waals surface area (Å²) >= 11 is 0. The van der Waals surface area contributed by atoms with E-state index < -0.39 is 11.8 Å². The van der Waals surface area contributed by atoms with Gasteiger partial charge in [0.15, 0.2) is 11.6 Å². The van der Waals surface area contributed by atoms with Crippen molar-refractivity contribution in [3.05, 3.63) is 29.6 Å². The lowest BCUT2D eigenvalue weighted by Gasteiger charge is -2.15. The number of carbonyl (C=O) groups is 1. The third kappa shape index (κ3) is 2.95. The molecule has 1 aromatic rings. The van der Waals surface area contributed by atoms with E-state index in [1.54, 1.807) is 6.92 Å². The Morgan fingerprint density at radius 1 is 1.56 bits per heavy atom. The summed E-state index contributed by atoms with van der Waals surface area (Å²) in [5.74, 6) is -1.99. The van der Waals surface area contributed by atoms with E-state index in [0.29, 0.717) is 0 Å². The number of benzene rings is 1. The predicted molar refractivity (Wildman–Crippen MR) is 58.4 cm³/mol. The summed E-state index contributed by atoms with van der Waals surface area (Å²) in [6.07, 6.45) is 1.46. The standard InChI is InChI=1S/C12H15FO3/c1-3-5-8(2)16-11-9(12(14)15)6-4-7-10(11)13/h4,6-8H,3,5H2,1-2H3,(H,14,15). The van der Waals surface area contributed by atoms with Crippen molar-refractivity contribution < 1.29 is 19.0 Å². The monoisotopic (exact) mass is 226 g/mol. The fourth-order valence-electron chi connectivity index (χ4n) is 1.46. The van der Waals surface area contributed by atoms with Gasteiger partial charge in [0.2, 0.25) is 0 Å². The number of hydrogen-bond acceptors (Lipinski definition) is 2. The Labute approximate surface area is 93.9 Å². The van der Waals surface area contributed by atoms with Gasteiger partial charge in [0, 0.05) is 0 Å². The smallest absolute Gasteiger partial charge is 0.339 e. The van der Waals surface area contributed by atoms with Crippen LogP contribution in [0, 0.1) is 5.82 Å². The molecule has 0 amide bonds. The molecule has 88 valence electrons. The van der Waals surface area contributed by atoms with Crippen molar-refractivity contribution in [3.63, 3.8) is 0 Å². The Morgan fingerprint density at radius 2 is 2.25 bits per heavy atom. The van der Waals surface area contributed by atoms with Gasteiger partial charge in [-0.1, -0.05) is 19.4 Å². The van der Waals surface area contributed by atoms with Crippen molar-refractivity contribution >= 4 is 5.97 Å². The molecular formula is C12H15FO3. The Kier molecular flexibility index (Phi) is 4.28. The largest absolute Gasteiger partial charge is 0.487 e. The number of carboxylic acid groups (broad SMARTS) is 1. The zero-order chi connectivity index (χ0) is 12.1. The Hall–Kier alpha value is -1.58. The molecule has 0 saturated heterocycles. The van der Waals surface area contributed by atoms with Gasteiger partial charge in [-0.05, 0) is 25.5 Å². The first-order chi connectivity index (χ1) is 7.56. The van der Waals surface area contributed by atoms with Crippen LogP contribution >= 0.6 is 0 Å². The number of ether oxygens (including phenoxy) is 1. The highest BCUT2D eigenvalue weighted by molar-refractivity contribution is 5.90. The van der Waals surface area contributed by atoms with Gasteiger partial charge in [-0.3, -0.25) is 0 Å². The van der Waals surface area contributed by atoms with Crippen molar-refractivity contribution in [2.45, 2.75) is 32.8 Å². The van der Waals surface area contributed by atoms with Gasteiger partial charge >= 0.3 is 5.97 Å². The summed E-state index contributed by atoms with van der Waals surface area (Å²) in [7, 11) is 0. The first kappa shape index (κ1) is 12.5. The first-order valence-corrected chi connectivity index (χ1v) is 5.24. The fraction of sp³-hybridized carbons (Fsp3) is 0.417. The average Bonchev–Trinajstić information content (AvgIpc) is 2.21. The normalized spacial score (nSPS) is 12.2. The van der Waals surface area contributed by atoms with E-state index >= 15 is 0 Å². The molecule has 0 fully saturated rings. The lowest BCUT2D eigenvalue weighted by atomic mass is 10.2. The Morgan fingerprint density at radius 3 is 2.81 bits per heavy atom. The van der Waals surface area contributed by atoms with Crippen molar-refractivity contribution in [2.75, 3.05) is 0 Å². The second-order valence-electron chi connectivity index (χ2n) is 3.64. The molecule has 1 atom stereocenters. The predicted octanol–water partition coefficient (Wildman–Crippen LogP) is 3.09. The van der Waals surface area contributed by atoms with E-state index in [1.165, 1.54) is 18.2 Å². The molecule has 0 aliphatic rings. The molecule has 0 aliphatic heterocycles. The van der Waals surface area contributed by atoms with Crippen molar-refractivity contribution in [1.82, 2.24) is 0 Å². The summed E-state index contributed by atoms with van der Waals surface area (Å²) in [5.41, 5.74) is -0.136. The van der Waals surface area contributed by atoms with Gasteiger partial charge in [-0.15, -0.1) is 0 Å².